The van der Waals surface area contributed by atoms with Crippen LogP contribution in [0.4, 0.5) is 5.69 Å². The summed E-state index contributed by atoms with van der Waals surface area (Å²) in [6.07, 6.45) is 2.17. The number of aryl methyl sites for hydroxylation is 3. The summed E-state index contributed by atoms with van der Waals surface area (Å²) in [4.78, 5) is 19.8. The van der Waals surface area contributed by atoms with E-state index in [4.69, 9.17) is 4.98 Å². The summed E-state index contributed by atoms with van der Waals surface area (Å²) in [6.45, 7) is 7.54. The van der Waals surface area contributed by atoms with Crippen molar-refractivity contribution < 1.29 is 4.79 Å². The molecule has 1 amide bonds. The van der Waals surface area contributed by atoms with Crippen molar-refractivity contribution in [3.8, 4) is 0 Å². The Morgan fingerprint density at radius 2 is 1.96 bits per heavy atom. The smallest absolute Gasteiger partial charge is 0.238 e. The second kappa shape index (κ2) is 7.41. The number of carbonyl (C=O) groups is 1. The van der Waals surface area contributed by atoms with Crippen LogP contribution in [0.3, 0.4) is 0 Å². The van der Waals surface area contributed by atoms with Gasteiger partial charge in [-0.1, -0.05) is 29.8 Å². The molecule has 0 spiro atoms. The van der Waals surface area contributed by atoms with E-state index in [1.807, 2.05) is 6.07 Å². The van der Waals surface area contributed by atoms with Gasteiger partial charge in [0, 0.05) is 5.69 Å². The largest absolute Gasteiger partial charge is 0.324 e. The predicted molar refractivity (Wildman–Crippen MR) is 112 cm³/mol. The molecule has 1 saturated heterocycles. The number of rotatable bonds is 4. The fraction of sp³-hybridized carbons (Fsp3) is 0.364. The molecule has 4 nitrogen and oxygen atoms in total. The van der Waals surface area contributed by atoms with Crippen molar-refractivity contribution in [1.82, 2.24) is 9.88 Å². The molecule has 1 aliphatic heterocycles. The average molecular weight is 380 g/mol. The highest BCUT2D eigenvalue weighted by atomic mass is 32.1. The fourth-order valence-electron chi connectivity index (χ4n) is 4.07. The maximum absolute atomic E-state index is 12.7. The molecule has 140 valence electrons. The number of hydrogen-bond donors (Lipinski definition) is 1. The van der Waals surface area contributed by atoms with E-state index in [9.17, 15) is 4.79 Å². The Hall–Kier alpha value is -2.24. The standard InChI is InChI=1S/C22H25N3OS/c1-14-11-15(2)21(16(3)12-14)24-20(26)13-25-10-6-8-18(25)22-23-17-7-4-5-9-19(17)27-22/h4-5,7,9,11-12,18H,6,8,10,13H2,1-3H3,(H,24,26)/t18-/m1/s1. The Morgan fingerprint density at radius 3 is 2.70 bits per heavy atom. The molecule has 27 heavy (non-hydrogen) atoms. The molecule has 5 heteroatoms. The summed E-state index contributed by atoms with van der Waals surface area (Å²) in [7, 11) is 0. The summed E-state index contributed by atoms with van der Waals surface area (Å²) < 4.78 is 1.22. The van der Waals surface area contributed by atoms with Crippen molar-refractivity contribution in [2.24, 2.45) is 0 Å². The maximum atomic E-state index is 12.7. The van der Waals surface area contributed by atoms with Crippen LogP contribution in [-0.2, 0) is 4.79 Å². The lowest BCUT2D eigenvalue weighted by Gasteiger charge is -2.22. The highest BCUT2D eigenvalue weighted by Crippen LogP contribution is 2.36. The van der Waals surface area contributed by atoms with Crippen LogP contribution in [0.15, 0.2) is 36.4 Å². The van der Waals surface area contributed by atoms with E-state index in [1.165, 1.54) is 10.3 Å². The molecule has 1 atom stereocenters. The normalized spacial score (nSPS) is 17.5. The number of hydrogen-bond acceptors (Lipinski definition) is 4. The Kier molecular flexibility index (Phi) is 4.98. The summed E-state index contributed by atoms with van der Waals surface area (Å²) in [6, 6.07) is 12.7. The molecule has 0 radical (unpaired) electrons. The first-order chi connectivity index (χ1) is 13.0. The minimum absolute atomic E-state index is 0.0538. The van der Waals surface area contributed by atoms with Crippen LogP contribution in [0.1, 0.15) is 40.6 Å². The first-order valence-electron chi connectivity index (χ1n) is 9.48. The van der Waals surface area contributed by atoms with Crippen molar-refractivity contribution in [2.75, 3.05) is 18.4 Å². The molecule has 3 aromatic rings. The molecule has 0 unspecified atom stereocenters. The van der Waals surface area contributed by atoms with Gasteiger partial charge in [0.2, 0.25) is 5.91 Å². The molecule has 1 aromatic heterocycles. The molecule has 2 aromatic carbocycles. The number of para-hydroxylation sites is 1. The molecule has 1 fully saturated rings. The number of fused-ring (bicyclic) bond motifs is 1. The number of anilines is 1. The Morgan fingerprint density at radius 1 is 1.22 bits per heavy atom. The number of nitrogens with zero attached hydrogens (tertiary/aromatic N) is 2. The van der Waals surface area contributed by atoms with Gasteiger partial charge in [-0.15, -0.1) is 11.3 Å². The highest BCUT2D eigenvalue weighted by molar-refractivity contribution is 7.18. The number of aromatic nitrogens is 1. The van der Waals surface area contributed by atoms with Gasteiger partial charge in [-0.25, -0.2) is 4.98 Å². The van der Waals surface area contributed by atoms with Crippen molar-refractivity contribution in [3.05, 3.63) is 58.1 Å². The molecule has 0 aliphatic carbocycles. The lowest BCUT2D eigenvalue weighted by molar-refractivity contribution is -0.117. The summed E-state index contributed by atoms with van der Waals surface area (Å²) >= 11 is 1.75. The molecular weight excluding hydrogens is 354 g/mol. The lowest BCUT2D eigenvalue weighted by Crippen LogP contribution is -2.33. The number of likely N-dealkylation sites (tertiary alicyclic amines) is 1. The third-order valence-corrected chi connectivity index (χ3v) is 6.38. The van der Waals surface area contributed by atoms with E-state index in [-0.39, 0.29) is 11.9 Å². The second-order valence-corrected chi connectivity index (χ2v) is 8.53. The number of carbonyl (C=O) groups excluding carboxylic acids is 1. The minimum atomic E-state index is 0.0538. The van der Waals surface area contributed by atoms with Gasteiger partial charge in [-0.2, -0.15) is 0 Å². The third kappa shape index (κ3) is 3.75. The minimum Gasteiger partial charge on any atom is -0.324 e. The zero-order valence-corrected chi connectivity index (χ0v) is 16.9. The van der Waals surface area contributed by atoms with Crippen LogP contribution in [-0.4, -0.2) is 28.9 Å². The second-order valence-electron chi connectivity index (χ2n) is 7.47. The van der Waals surface area contributed by atoms with Crippen LogP contribution >= 0.6 is 11.3 Å². The molecule has 2 heterocycles. The zero-order valence-electron chi connectivity index (χ0n) is 16.1. The van der Waals surface area contributed by atoms with E-state index in [0.717, 1.165) is 46.7 Å². The Labute approximate surface area is 164 Å². The van der Waals surface area contributed by atoms with Crippen molar-refractivity contribution in [3.63, 3.8) is 0 Å². The van der Waals surface area contributed by atoms with Gasteiger partial charge in [0.25, 0.3) is 0 Å². The van der Waals surface area contributed by atoms with Crippen LogP contribution < -0.4 is 5.32 Å². The molecule has 4 rings (SSSR count). The number of thiazole rings is 1. The topological polar surface area (TPSA) is 45.2 Å². The van der Waals surface area contributed by atoms with E-state index in [0.29, 0.717) is 6.54 Å². The lowest BCUT2D eigenvalue weighted by atomic mass is 10.1. The van der Waals surface area contributed by atoms with Crippen LogP contribution in [0.5, 0.6) is 0 Å². The van der Waals surface area contributed by atoms with Crippen LogP contribution in [0.2, 0.25) is 0 Å². The Bertz CT molecular complexity index is 938. The van der Waals surface area contributed by atoms with Gasteiger partial charge in [-0.05, 0) is 63.4 Å². The predicted octanol–water partition coefficient (Wildman–Crippen LogP) is 5.00. The molecular formula is C22H25N3OS. The van der Waals surface area contributed by atoms with E-state index >= 15 is 0 Å². The first kappa shape index (κ1) is 18.1. The Balaban J connectivity index is 1.49. The SMILES string of the molecule is Cc1cc(C)c(NC(=O)CN2CCC[C@@H]2c2nc3ccccc3s2)c(C)c1. The number of amides is 1. The average Bonchev–Trinajstić information content (AvgIpc) is 3.24. The quantitative estimate of drug-likeness (QED) is 0.694. The monoisotopic (exact) mass is 379 g/mol. The van der Waals surface area contributed by atoms with Gasteiger partial charge in [0.05, 0.1) is 22.8 Å². The molecule has 0 bridgehead atoms. The first-order valence-corrected chi connectivity index (χ1v) is 10.3. The van der Waals surface area contributed by atoms with Crippen molar-refractivity contribution >= 4 is 33.1 Å². The maximum Gasteiger partial charge on any atom is 0.238 e. The van der Waals surface area contributed by atoms with Gasteiger partial charge in [0.15, 0.2) is 0 Å². The van der Waals surface area contributed by atoms with Crippen molar-refractivity contribution in [2.45, 2.75) is 39.7 Å². The zero-order chi connectivity index (χ0) is 19.0. The van der Waals surface area contributed by atoms with Crippen LogP contribution in [0, 0.1) is 20.8 Å². The molecule has 1 aliphatic rings. The summed E-state index contributed by atoms with van der Waals surface area (Å²) in [5, 5.41) is 4.26. The highest BCUT2D eigenvalue weighted by Gasteiger charge is 2.30. The van der Waals surface area contributed by atoms with E-state index in [1.54, 1.807) is 11.3 Å². The third-order valence-electron chi connectivity index (χ3n) is 5.25. The summed E-state index contributed by atoms with van der Waals surface area (Å²) in [5.74, 6) is 0.0538. The van der Waals surface area contributed by atoms with Gasteiger partial charge in [0.1, 0.15) is 5.01 Å². The number of nitrogens with one attached hydrogen (secondary N) is 1. The van der Waals surface area contributed by atoms with E-state index < -0.39 is 0 Å². The van der Waals surface area contributed by atoms with Crippen molar-refractivity contribution in [1.29, 1.82) is 0 Å². The molecule has 1 N–H and O–H groups in total. The summed E-state index contributed by atoms with van der Waals surface area (Å²) in [5.41, 5.74) is 5.45. The fourth-order valence-corrected chi connectivity index (χ4v) is 5.21. The van der Waals surface area contributed by atoms with Gasteiger partial charge < -0.3 is 5.32 Å². The van der Waals surface area contributed by atoms with Gasteiger partial charge in [-0.3, -0.25) is 9.69 Å². The molecule has 0 saturated carbocycles. The van der Waals surface area contributed by atoms with Gasteiger partial charge >= 0.3 is 0 Å². The number of benzene rings is 2. The van der Waals surface area contributed by atoms with Crippen LogP contribution in [0.25, 0.3) is 10.2 Å². The van der Waals surface area contributed by atoms with E-state index in [2.05, 4.69) is 61.3 Å².